The molecule has 0 saturated carbocycles. The highest BCUT2D eigenvalue weighted by Crippen LogP contribution is 2.31. The van der Waals surface area contributed by atoms with Gasteiger partial charge < -0.3 is 42.6 Å². The quantitative estimate of drug-likeness (QED) is 0.0242. The summed E-state index contributed by atoms with van der Waals surface area (Å²) in [5.74, 6) is 2.37. The zero-order valence-corrected chi connectivity index (χ0v) is 52.5. The average Bonchev–Trinajstić information content (AvgIpc) is 3.48. The van der Waals surface area contributed by atoms with Crippen LogP contribution < -0.4 is 23.7 Å². The van der Waals surface area contributed by atoms with Crippen LogP contribution in [0.2, 0.25) is 0 Å². The number of carbonyl (C=O) groups is 5. The van der Waals surface area contributed by atoms with Crippen LogP contribution in [-0.4, -0.2) is 84.2 Å². The Kier molecular flexibility index (Phi) is 36.7. The summed E-state index contributed by atoms with van der Waals surface area (Å²) in [6, 6.07) is 15.8. The van der Waals surface area contributed by atoms with E-state index in [9.17, 15) is 24.0 Å². The van der Waals surface area contributed by atoms with Crippen molar-refractivity contribution in [3.05, 3.63) is 110 Å². The maximum absolute atomic E-state index is 12.1. The lowest BCUT2D eigenvalue weighted by atomic mass is 10.1. The summed E-state index contributed by atoms with van der Waals surface area (Å²) in [4.78, 5) is 59.9. The molecule has 14 heteroatoms. The van der Waals surface area contributed by atoms with Gasteiger partial charge in [0.1, 0.15) is 28.7 Å². The van der Waals surface area contributed by atoms with Gasteiger partial charge in [-0.25, -0.2) is 0 Å². The monoisotopic (exact) mass is 1140 g/mol. The van der Waals surface area contributed by atoms with Crippen molar-refractivity contribution < 1.29 is 66.6 Å². The molecule has 0 amide bonds. The van der Waals surface area contributed by atoms with Gasteiger partial charge in [0.25, 0.3) is 0 Å². The van der Waals surface area contributed by atoms with Crippen LogP contribution in [0.25, 0.3) is 0 Å². The Morgan fingerprint density at radius 2 is 0.537 bits per heavy atom. The van der Waals surface area contributed by atoms with Gasteiger partial charge in [-0.05, 0) is 210 Å². The van der Waals surface area contributed by atoms with Gasteiger partial charge >= 0.3 is 29.8 Å². The largest absolute Gasteiger partial charge is 0.493 e. The van der Waals surface area contributed by atoms with Gasteiger partial charge in [0, 0.05) is 73.3 Å². The Morgan fingerprint density at radius 1 is 0.280 bits per heavy atom. The maximum atomic E-state index is 12.1. The molecule has 0 atom stereocenters. The lowest BCUT2D eigenvalue weighted by Gasteiger charge is -2.13. The first kappa shape index (κ1) is 72.0. The Hall–Kier alpha value is -6.09. The van der Waals surface area contributed by atoms with Gasteiger partial charge in [-0.15, -0.1) is 0 Å². The first-order chi connectivity index (χ1) is 39.2. The predicted octanol–water partition coefficient (Wildman–Crippen LogP) is 15.4. The van der Waals surface area contributed by atoms with Crippen molar-refractivity contribution in [3.8, 4) is 28.7 Å². The molecule has 0 N–H and O–H groups in total. The molecule has 4 aromatic carbocycles. The number of hydrogen-bond acceptors (Lipinski definition) is 14. The first-order valence-electron chi connectivity index (χ1n) is 29.6. The van der Waals surface area contributed by atoms with Gasteiger partial charge in [-0.3, -0.25) is 24.0 Å². The van der Waals surface area contributed by atoms with Crippen LogP contribution in [0.3, 0.4) is 0 Å². The van der Waals surface area contributed by atoms with E-state index in [1.54, 1.807) is 33.5 Å². The molecule has 4 rings (SSSR count). The summed E-state index contributed by atoms with van der Waals surface area (Å²) in [5, 5.41) is 0. The fourth-order valence-electron chi connectivity index (χ4n) is 9.46. The van der Waals surface area contributed by atoms with E-state index < -0.39 is 0 Å². The summed E-state index contributed by atoms with van der Waals surface area (Å²) in [6.07, 6.45) is 15.1. The van der Waals surface area contributed by atoms with Crippen LogP contribution in [-0.2, 0) is 42.9 Å². The summed E-state index contributed by atoms with van der Waals surface area (Å²) in [5.41, 5.74) is 11.5. The number of methoxy groups -OCH3 is 3. The fourth-order valence-corrected chi connectivity index (χ4v) is 9.46. The zero-order chi connectivity index (χ0) is 60.8. The van der Waals surface area contributed by atoms with Crippen LogP contribution in [0.5, 0.6) is 28.7 Å². The van der Waals surface area contributed by atoms with E-state index in [1.165, 1.54) is 22.3 Å². The number of aryl methyl sites for hydroxylation is 11. The van der Waals surface area contributed by atoms with Crippen LogP contribution in [0.4, 0.5) is 0 Å². The summed E-state index contributed by atoms with van der Waals surface area (Å²) < 4.78 is 48.2. The topological polar surface area (TPSA) is 168 Å². The maximum Gasteiger partial charge on any atom is 0.311 e. The minimum Gasteiger partial charge on any atom is -0.493 e. The van der Waals surface area contributed by atoms with Crippen molar-refractivity contribution >= 4 is 29.8 Å². The van der Waals surface area contributed by atoms with E-state index >= 15 is 0 Å². The van der Waals surface area contributed by atoms with Crippen LogP contribution in [0.1, 0.15) is 190 Å². The fraction of sp³-hybridized carbons (Fsp3) is 0.574. The lowest BCUT2D eigenvalue weighted by Crippen LogP contribution is -2.11. The number of benzene rings is 4. The molecule has 0 spiro atoms. The molecular formula is C68H100O14. The highest BCUT2D eigenvalue weighted by Gasteiger charge is 2.16. The molecule has 0 aliphatic carbocycles. The molecule has 0 aromatic heterocycles. The molecule has 0 heterocycles. The zero-order valence-electron chi connectivity index (χ0n) is 52.5. The first-order valence-corrected chi connectivity index (χ1v) is 29.6. The molecule has 4 aromatic rings. The van der Waals surface area contributed by atoms with Crippen molar-refractivity contribution in [2.24, 2.45) is 0 Å². The van der Waals surface area contributed by atoms with Crippen molar-refractivity contribution in [2.75, 3.05) is 54.4 Å². The van der Waals surface area contributed by atoms with Gasteiger partial charge in [0.2, 0.25) is 0 Å². The van der Waals surface area contributed by atoms with Crippen LogP contribution in [0, 0.1) is 76.2 Å². The lowest BCUT2D eigenvalue weighted by molar-refractivity contribution is -0.144. The van der Waals surface area contributed by atoms with E-state index in [2.05, 4.69) is 32.9 Å². The second-order valence-electron chi connectivity index (χ2n) is 21.6. The van der Waals surface area contributed by atoms with E-state index in [0.717, 1.165) is 148 Å². The highest BCUT2D eigenvalue weighted by atomic mass is 16.6. The molecule has 14 nitrogen and oxygen atoms in total. The molecule has 0 aliphatic heterocycles. The smallest absolute Gasteiger partial charge is 0.311 e. The second kappa shape index (κ2) is 41.8. The standard InChI is InChI=1S/C30H42O5.C22H34O6.C16H24O3/c1-21-17-23(3)29(24(4)18-21)34-16-12-7-9-13-27(31)33-15-11-8-10-14-28(32)35-30-25(5)19-22(2)20-26(30)6;1-17-15-19(27-20(23)11-7-5-9-13-25-3)16-18(2)22(17)28-21(24)12-8-6-10-14-26-4;1-12-10-13(2)16(14(3)11-12)19-15(17)8-6-5-7-9-18-4/h17-20H,7-16H2,1-6H3;15-16H,5-14H2,1-4H3;10-11H,5-9H2,1-4H3. The number of hydrogen-bond donors (Lipinski definition) is 0. The molecule has 0 saturated heterocycles. The molecular weight excluding hydrogens is 1040 g/mol. The highest BCUT2D eigenvalue weighted by molar-refractivity contribution is 5.75. The Labute approximate surface area is 492 Å². The molecule has 0 fully saturated rings. The number of rotatable bonds is 35. The number of unbranched alkanes of at least 4 members (excludes halogenated alkanes) is 10. The SMILES string of the molecule is COCCCCCC(=O)Oc1c(C)cc(C)cc1C.COCCCCCC(=O)Oc1cc(C)c(OC(=O)CCCCCOC)c(C)c1.Cc1cc(C)c(OCCCCCC(=O)OCCCCCC(=O)Oc2c(C)cc(C)cc2C)c(C)c1. The van der Waals surface area contributed by atoms with E-state index in [4.69, 9.17) is 42.6 Å². The van der Waals surface area contributed by atoms with Crippen molar-refractivity contribution in [1.29, 1.82) is 0 Å². The molecule has 82 heavy (non-hydrogen) atoms. The van der Waals surface area contributed by atoms with Crippen molar-refractivity contribution in [1.82, 2.24) is 0 Å². The molecule has 0 unspecified atom stereocenters. The predicted molar refractivity (Wildman–Crippen MR) is 325 cm³/mol. The third-order valence-corrected chi connectivity index (χ3v) is 13.4. The summed E-state index contributed by atoms with van der Waals surface area (Å²) >= 11 is 0. The normalized spacial score (nSPS) is 10.7. The number of carbonyl (C=O) groups excluding carboxylic acids is 5. The van der Waals surface area contributed by atoms with Gasteiger partial charge in [-0.1, -0.05) is 72.4 Å². The van der Waals surface area contributed by atoms with Crippen LogP contribution >= 0.6 is 0 Å². The third-order valence-electron chi connectivity index (χ3n) is 13.4. The summed E-state index contributed by atoms with van der Waals surface area (Å²) in [7, 11) is 5.03. The third kappa shape index (κ3) is 30.8. The van der Waals surface area contributed by atoms with E-state index in [-0.39, 0.29) is 29.8 Å². The van der Waals surface area contributed by atoms with Crippen molar-refractivity contribution in [2.45, 2.75) is 205 Å². The Morgan fingerprint density at radius 3 is 0.854 bits per heavy atom. The molecule has 0 radical (unpaired) electrons. The van der Waals surface area contributed by atoms with Crippen molar-refractivity contribution in [3.63, 3.8) is 0 Å². The summed E-state index contributed by atoms with van der Waals surface area (Å²) in [6.45, 7) is 25.1. The molecule has 0 bridgehead atoms. The van der Waals surface area contributed by atoms with Gasteiger partial charge in [-0.2, -0.15) is 0 Å². The minimum absolute atomic E-state index is 0.146. The molecule has 0 aliphatic rings. The van der Waals surface area contributed by atoms with Gasteiger partial charge in [0.05, 0.1) is 13.2 Å². The van der Waals surface area contributed by atoms with E-state index in [1.807, 2.05) is 79.7 Å². The average molecular weight is 1140 g/mol. The molecule has 456 valence electrons. The number of ether oxygens (including phenoxy) is 9. The van der Waals surface area contributed by atoms with Gasteiger partial charge in [0.15, 0.2) is 0 Å². The number of esters is 5. The second-order valence-corrected chi connectivity index (χ2v) is 21.6. The van der Waals surface area contributed by atoms with E-state index in [0.29, 0.717) is 81.5 Å². The minimum atomic E-state index is -0.253. The Balaban J connectivity index is 0.000000439. The van der Waals surface area contributed by atoms with Crippen LogP contribution in [0.15, 0.2) is 48.5 Å². The Bertz CT molecular complexity index is 2470.